The van der Waals surface area contributed by atoms with Crippen molar-refractivity contribution in [3.63, 3.8) is 0 Å². The van der Waals surface area contributed by atoms with Crippen LogP contribution in [-0.4, -0.2) is 49.9 Å². The molecule has 3 rings (SSSR count). The molecular weight excluding hydrogens is 462 g/mol. The van der Waals surface area contributed by atoms with Crippen molar-refractivity contribution < 1.29 is 28.0 Å². The van der Waals surface area contributed by atoms with Gasteiger partial charge >= 0.3 is 5.97 Å². The number of hydrogen-bond acceptors (Lipinski definition) is 7. The lowest BCUT2D eigenvalue weighted by atomic mass is 9.99. The molecule has 0 bridgehead atoms. The second-order valence-corrected chi connectivity index (χ2v) is 9.65. The third kappa shape index (κ3) is 6.38. The number of aliphatic carboxylic acids is 1. The molecule has 1 aliphatic heterocycles. The highest BCUT2D eigenvalue weighted by Gasteiger charge is 2.30. The fourth-order valence-corrected chi connectivity index (χ4v) is 4.98. The smallest absolute Gasteiger partial charge is 0.323 e. The molecule has 0 unspecified atom stereocenters. The Bertz CT molecular complexity index is 1170. The van der Waals surface area contributed by atoms with Crippen LogP contribution in [0, 0.1) is 12.3 Å². The monoisotopic (exact) mass is 489 g/mol. The minimum absolute atomic E-state index is 0.0274. The first kappa shape index (κ1) is 25.3. The molecule has 1 fully saturated rings. The molecule has 1 aliphatic rings. The van der Waals surface area contributed by atoms with Gasteiger partial charge in [-0.1, -0.05) is 42.5 Å². The maximum Gasteiger partial charge on any atom is 0.323 e. The molecule has 2 aromatic rings. The number of sulfonamides is 1. The molecular formula is C22H27N5O6S. The third-order valence-electron chi connectivity index (χ3n) is 5.39. The highest BCUT2D eigenvalue weighted by Crippen LogP contribution is 2.27. The van der Waals surface area contributed by atoms with Crippen LogP contribution < -0.4 is 21.3 Å². The van der Waals surface area contributed by atoms with E-state index >= 15 is 0 Å². The van der Waals surface area contributed by atoms with Gasteiger partial charge in [-0.15, -0.1) is 0 Å². The Morgan fingerprint density at radius 3 is 2.53 bits per heavy atom. The van der Waals surface area contributed by atoms with Gasteiger partial charge in [-0.25, -0.2) is 8.42 Å². The Labute approximate surface area is 197 Å². The number of carboxylic acids is 1. The quantitative estimate of drug-likeness (QED) is 0.206. The largest absolute Gasteiger partial charge is 0.480 e. The second-order valence-electron chi connectivity index (χ2n) is 7.97. The van der Waals surface area contributed by atoms with Crippen LogP contribution in [0.2, 0.25) is 0 Å². The Morgan fingerprint density at radius 1 is 1.24 bits per heavy atom. The van der Waals surface area contributed by atoms with E-state index in [1.165, 1.54) is 6.07 Å². The van der Waals surface area contributed by atoms with Crippen molar-refractivity contribution in [3.05, 3.63) is 65.2 Å². The summed E-state index contributed by atoms with van der Waals surface area (Å²) in [4.78, 5) is 29.4. The molecule has 12 heteroatoms. The number of amidine groups is 1. The zero-order valence-corrected chi connectivity index (χ0v) is 19.3. The molecule has 34 heavy (non-hydrogen) atoms. The van der Waals surface area contributed by atoms with Gasteiger partial charge in [0.05, 0.1) is 23.5 Å². The molecule has 0 radical (unpaired) electrons. The minimum Gasteiger partial charge on any atom is -0.480 e. The van der Waals surface area contributed by atoms with E-state index in [-0.39, 0.29) is 23.2 Å². The normalized spacial score (nSPS) is 18.9. The molecule has 0 spiro atoms. The molecule has 3 atom stereocenters. The van der Waals surface area contributed by atoms with Gasteiger partial charge in [0.25, 0.3) is 0 Å². The molecule has 1 heterocycles. The van der Waals surface area contributed by atoms with Gasteiger partial charge in [0.15, 0.2) is 0 Å². The molecule has 2 aromatic carbocycles. The zero-order chi connectivity index (χ0) is 24.9. The average Bonchev–Trinajstić information content (AvgIpc) is 3.25. The van der Waals surface area contributed by atoms with Gasteiger partial charge < -0.3 is 16.2 Å². The number of amides is 1. The zero-order valence-electron chi connectivity index (χ0n) is 18.4. The summed E-state index contributed by atoms with van der Waals surface area (Å²) < 4.78 is 27.3. The van der Waals surface area contributed by atoms with E-state index in [0.29, 0.717) is 17.5 Å². The van der Waals surface area contributed by atoms with Gasteiger partial charge in [0.1, 0.15) is 11.9 Å². The topological polar surface area (TPSA) is 184 Å². The number of hydrogen-bond donors (Lipinski definition) is 6. The van der Waals surface area contributed by atoms with E-state index in [1.54, 1.807) is 37.3 Å². The summed E-state index contributed by atoms with van der Waals surface area (Å²) in [5.74, 6) is -1.91. The summed E-state index contributed by atoms with van der Waals surface area (Å²) in [5, 5.41) is 19.3. The molecule has 0 aliphatic carbocycles. The van der Waals surface area contributed by atoms with Crippen LogP contribution >= 0.6 is 0 Å². The molecule has 7 N–H and O–H groups in total. The van der Waals surface area contributed by atoms with E-state index in [0.717, 1.165) is 5.56 Å². The first-order valence-electron chi connectivity index (χ1n) is 10.5. The first-order valence-corrected chi connectivity index (χ1v) is 12.0. The number of aryl methyl sites for hydroxylation is 1. The van der Waals surface area contributed by atoms with Crippen molar-refractivity contribution in [2.45, 2.75) is 42.8 Å². The van der Waals surface area contributed by atoms with Crippen molar-refractivity contribution in [1.82, 2.24) is 15.5 Å². The highest BCUT2D eigenvalue weighted by atomic mass is 32.2. The number of nitrogen functional groups attached to an aromatic ring is 1. The number of rotatable bonds is 10. The Balaban J connectivity index is 1.52. The predicted octanol–water partition coefficient (Wildman–Crippen LogP) is 0.552. The number of carbonyl (C=O) groups excluding carboxylic acids is 1. The predicted molar refractivity (Wildman–Crippen MR) is 123 cm³/mol. The summed E-state index contributed by atoms with van der Waals surface area (Å²) in [6.45, 7) is 1.18. The number of nitrogens with one attached hydrogen (secondary N) is 4. The lowest BCUT2D eigenvalue weighted by Crippen LogP contribution is -2.48. The van der Waals surface area contributed by atoms with Crippen molar-refractivity contribution in [3.8, 4) is 0 Å². The van der Waals surface area contributed by atoms with E-state index in [2.05, 4.69) is 15.5 Å². The first-order chi connectivity index (χ1) is 16.1. The fraction of sp³-hybridized carbons (Fsp3) is 0.318. The third-order valence-corrected chi connectivity index (χ3v) is 7.03. The number of benzene rings is 2. The van der Waals surface area contributed by atoms with E-state index in [9.17, 15) is 23.1 Å². The van der Waals surface area contributed by atoms with Crippen LogP contribution in [0.5, 0.6) is 0 Å². The number of hydroxylamine groups is 1. The molecule has 11 nitrogen and oxygen atoms in total. The van der Waals surface area contributed by atoms with Crippen LogP contribution in [0.25, 0.3) is 0 Å². The van der Waals surface area contributed by atoms with Gasteiger partial charge in [-0.05, 0) is 30.5 Å². The molecule has 0 saturated carbocycles. The Kier molecular flexibility index (Phi) is 7.99. The van der Waals surface area contributed by atoms with E-state index in [1.807, 2.05) is 12.1 Å². The summed E-state index contributed by atoms with van der Waals surface area (Å²) in [5.41, 5.74) is 10.3. The minimum atomic E-state index is -4.09. The SMILES string of the molecule is Cc1ccccc1S(=O)(=O)N[C@@H](CNC(=O)C[C@H]1C[C@@H](c2ccc(C(=N)N)cc2)NO1)C(=O)O. The van der Waals surface area contributed by atoms with Gasteiger partial charge in [0.2, 0.25) is 15.9 Å². The highest BCUT2D eigenvalue weighted by molar-refractivity contribution is 7.89. The molecule has 1 saturated heterocycles. The van der Waals surface area contributed by atoms with Gasteiger partial charge in [-0.3, -0.25) is 19.8 Å². The summed E-state index contributed by atoms with van der Waals surface area (Å²) in [6.07, 6.45) is 0.00511. The standard InChI is InChI=1S/C22H27N5O6S/c1-13-4-2-3-5-19(13)34(31,32)27-18(22(29)30)12-25-20(28)11-16-10-17(26-33-16)14-6-8-15(9-7-14)21(23)24/h2-9,16-18,26-27H,10-12H2,1H3,(H3,23,24)(H,25,28)(H,29,30)/t16-,17+,18+/m1/s1. The van der Waals surface area contributed by atoms with Crippen molar-refractivity contribution in [1.29, 1.82) is 5.41 Å². The molecule has 1 amide bonds. The number of carbonyl (C=O) groups is 2. The molecule has 182 valence electrons. The van der Waals surface area contributed by atoms with Crippen LogP contribution in [0.15, 0.2) is 53.4 Å². The Morgan fingerprint density at radius 2 is 1.91 bits per heavy atom. The van der Waals surface area contributed by atoms with Gasteiger partial charge in [0, 0.05) is 12.1 Å². The van der Waals surface area contributed by atoms with Gasteiger partial charge in [-0.2, -0.15) is 10.2 Å². The number of carboxylic acid groups (broad SMARTS) is 1. The van der Waals surface area contributed by atoms with Crippen molar-refractivity contribution in [2.75, 3.05) is 6.54 Å². The summed E-state index contributed by atoms with van der Waals surface area (Å²) >= 11 is 0. The lowest BCUT2D eigenvalue weighted by Gasteiger charge is -2.17. The van der Waals surface area contributed by atoms with E-state index in [4.69, 9.17) is 16.0 Å². The maximum atomic E-state index is 12.6. The molecule has 0 aromatic heterocycles. The second kappa shape index (κ2) is 10.7. The van der Waals surface area contributed by atoms with Crippen LogP contribution in [0.4, 0.5) is 0 Å². The lowest BCUT2D eigenvalue weighted by molar-refractivity contribution is -0.139. The van der Waals surface area contributed by atoms with Crippen molar-refractivity contribution in [2.24, 2.45) is 5.73 Å². The fourth-order valence-electron chi connectivity index (χ4n) is 3.54. The van der Waals surface area contributed by atoms with Crippen molar-refractivity contribution >= 4 is 27.7 Å². The summed E-state index contributed by atoms with van der Waals surface area (Å²) in [6, 6.07) is 11.6. The van der Waals surface area contributed by atoms with Crippen LogP contribution in [0.1, 0.15) is 35.6 Å². The van der Waals surface area contributed by atoms with E-state index < -0.39 is 40.6 Å². The van der Waals surface area contributed by atoms with Crippen LogP contribution in [-0.2, 0) is 24.4 Å². The Hall–Kier alpha value is -3.32. The van der Waals surface area contributed by atoms with Crippen LogP contribution in [0.3, 0.4) is 0 Å². The summed E-state index contributed by atoms with van der Waals surface area (Å²) in [7, 11) is -4.09. The number of nitrogens with two attached hydrogens (primary N) is 1. The maximum absolute atomic E-state index is 12.6. The average molecular weight is 490 g/mol.